The standard InChI is InChI=1S/C11H16N4O5S/c1-21(19,20)14-4-2-3-13-11(18)15-9-5-8(10(16)17)6-12-7-9/h5-7,14H,2-4H2,1H3,(H,16,17)(H2,13,15,18). The molecule has 9 nitrogen and oxygen atoms in total. The molecule has 1 heterocycles. The minimum atomic E-state index is -3.23. The van der Waals surface area contributed by atoms with Gasteiger partial charge in [0.05, 0.1) is 23.7 Å². The van der Waals surface area contributed by atoms with Crippen LogP contribution in [0.2, 0.25) is 0 Å². The van der Waals surface area contributed by atoms with Crippen LogP contribution >= 0.6 is 0 Å². The minimum absolute atomic E-state index is 0.0369. The first-order chi connectivity index (χ1) is 9.78. The monoisotopic (exact) mass is 316 g/mol. The Kier molecular flexibility index (Phi) is 6.06. The van der Waals surface area contributed by atoms with Crippen LogP contribution in [0.5, 0.6) is 0 Å². The zero-order valence-electron chi connectivity index (χ0n) is 11.3. The summed E-state index contributed by atoms with van der Waals surface area (Å²) in [7, 11) is -3.23. The number of pyridine rings is 1. The molecule has 0 aliphatic heterocycles. The van der Waals surface area contributed by atoms with Gasteiger partial charge in [-0.25, -0.2) is 22.7 Å². The predicted molar refractivity (Wildman–Crippen MR) is 75.7 cm³/mol. The molecule has 0 unspecified atom stereocenters. The van der Waals surface area contributed by atoms with Crippen LogP contribution in [0, 0.1) is 0 Å². The van der Waals surface area contributed by atoms with Gasteiger partial charge >= 0.3 is 12.0 Å². The Hall–Kier alpha value is -2.20. The van der Waals surface area contributed by atoms with Crippen molar-refractivity contribution in [2.24, 2.45) is 0 Å². The lowest BCUT2D eigenvalue weighted by Crippen LogP contribution is -2.32. The van der Waals surface area contributed by atoms with E-state index in [-0.39, 0.29) is 24.3 Å². The lowest BCUT2D eigenvalue weighted by atomic mass is 10.3. The Balaban J connectivity index is 2.34. The number of hydrogen-bond acceptors (Lipinski definition) is 5. The van der Waals surface area contributed by atoms with Crippen LogP contribution in [-0.2, 0) is 10.0 Å². The number of nitrogens with zero attached hydrogens (tertiary/aromatic N) is 1. The molecule has 116 valence electrons. The zero-order chi connectivity index (χ0) is 15.9. The number of carbonyl (C=O) groups excluding carboxylic acids is 1. The molecule has 4 N–H and O–H groups in total. The number of hydrogen-bond donors (Lipinski definition) is 4. The number of urea groups is 1. The SMILES string of the molecule is CS(=O)(=O)NCCCNC(=O)Nc1cncc(C(=O)O)c1. The fourth-order valence-electron chi connectivity index (χ4n) is 1.35. The predicted octanol–water partition coefficient (Wildman–Crippen LogP) is -0.159. The summed E-state index contributed by atoms with van der Waals surface area (Å²) in [4.78, 5) is 26.0. The molecule has 0 aromatic carbocycles. The molecule has 21 heavy (non-hydrogen) atoms. The molecule has 0 saturated heterocycles. The maximum Gasteiger partial charge on any atom is 0.337 e. The highest BCUT2D eigenvalue weighted by Crippen LogP contribution is 2.07. The third-order valence-corrected chi connectivity index (χ3v) is 2.97. The average Bonchev–Trinajstić information content (AvgIpc) is 2.37. The first-order valence-corrected chi connectivity index (χ1v) is 7.85. The maximum absolute atomic E-state index is 11.5. The summed E-state index contributed by atoms with van der Waals surface area (Å²) in [5, 5.41) is 13.7. The molecule has 1 aromatic rings. The highest BCUT2D eigenvalue weighted by atomic mass is 32.2. The average molecular weight is 316 g/mol. The summed E-state index contributed by atoms with van der Waals surface area (Å²) < 4.78 is 23.9. The second-order valence-corrected chi connectivity index (χ2v) is 6.00. The zero-order valence-corrected chi connectivity index (χ0v) is 12.1. The van der Waals surface area contributed by atoms with Gasteiger partial charge in [0, 0.05) is 19.3 Å². The van der Waals surface area contributed by atoms with Crippen LogP contribution in [0.15, 0.2) is 18.5 Å². The van der Waals surface area contributed by atoms with Crippen molar-refractivity contribution >= 4 is 27.7 Å². The van der Waals surface area contributed by atoms with E-state index in [1.165, 1.54) is 18.5 Å². The first-order valence-electron chi connectivity index (χ1n) is 5.96. The largest absolute Gasteiger partial charge is 0.478 e. The Morgan fingerprint density at radius 1 is 1.29 bits per heavy atom. The fraction of sp³-hybridized carbons (Fsp3) is 0.364. The molecule has 0 fully saturated rings. The molecule has 0 aliphatic rings. The number of carboxylic acid groups (broad SMARTS) is 1. The summed E-state index contributed by atoms with van der Waals surface area (Å²) >= 11 is 0. The molecular weight excluding hydrogens is 300 g/mol. The van der Waals surface area contributed by atoms with Crippen molar-refractivity contribution in [2.45, 2.75) is 6.42 Å². The summed E-state index contributed by atoms with van der Waals surface area (Å²) in [6.07, 6.45) is 3.96. The van der Waals surface area contributed by atoms with Crippen LogP contribution in [-0.4, -0.2) is 49.9 Å². The number of sulfonamides is 1. The quantitative estimate of drug-likeness (QED) is 0.516. The van der Waals surface area contributed by atoms with Gasteiger partial charge in [-0.2, -0.15) is 0 Å². The molecule has 0 bridgehead atoms. The molecule has 0 aliphatic carbocycles. The summed E-state index contributed by atoms with van der Waals surface area (Å²) in [6, 6.07) is 0.749. The summed E-state index contributed by atoms with van der Waals surface area (Å²) in [6.45, 7) is 0.482. The highest BCUT2D eigenvalue weighted by Gasteiger charge is 2.06. The number of rotatable bonds is 7. The minimum Gasteiger partial charge on any atom is -0.478 e. The Morgan fingerprint density at radius 3 is 2.62 bits per heavy atom. The van der Waals surface area contributed by atoms with E-state index in [0.29, 0.717) is 6.42 Å². The van der Waals surface area contributed by atoms with E-state index in [9.17, 15) is 18.0 Å². The van der Waals surface area contributed by atoms with Gasteiger partial charge in [0.25, 0.3) is 0 Å². The molecule has 0 spiro atoms. The number of carboxylic acids is 1. The Labute approximate surface area is 121 Å². The second-order valence-electron chi connectivity index (χ2n) is 4.17. The molecule has 0 saturated carbocycles. The lowest BCUT2D eigenvalue weighted by Gasteiger charge is -2.08. The van der Waals surface area contributed by atoms with Gasteiger partial charge < -0.3 is 15.7 Å². The molecule has 0 radical (unpaired) electrons. The van der Waals surface area contributed by atoms with Crippen LogP contribution in [0.25, 0.3) is 0 Å². The van der Waals surface area contributed by atoms with Gasteiger partial charge in [-0.1, -0.05) is 0 Å². The highest BCUT2D eigenvalue weighted by molar-refractivity contribution is 7.88. The van der Waals surface area contributed by atoms with Crippen molar-refractivity contribution in [3.8, 4) is 0 Å². The topological polar surface area (TPSA) is 137 Å². The molecular formula is C11H16N4O5S. The van der Waals surface area contributed by atoms with Gasteiger partial charge in [-0.3, -0.25) is 4.98 Å². The molecule has 1 rings (SSSR count). The van der Waals surface area contributed by atoms with Crippen molar-refractivity contribution in [3.05, 3.63) is 24.0 Å². The summed E-state index contributed by atoms with van der Waals surface area (Å²) in [5.74, 6) is -1.14. The number of aromatic carboxylic acids is 1. The van der Waals surface area contributed by atoms with Crippen LogP contribution in [0.4, 0.5) is 10.5 Å². The van der Waals surface area contributed by atoms with E-state index in [2.05, 4.69) is 20.3 Å². The number of carbonyl (C=O) groups is 2. The van der Waals surface area contributed by atoms with E-state index >= 15 is 0 Å². The van der Waals surface area contributed by atoms with Crippen LogP contribution < -0.4 is 15.4 Å². The van der Waals surface area contributed by atoms with Crippen LogP contribution in [0.1, 0.15) is 16.8 Å². The molecule has 0 atom stereocenters. The molecule has 2 amide bonds. The van der Waals surface area contributed by atoms with E-state index in [0.717, 1.165) is 6.26 Å². The normalized spacial score (nSPS) is 10.9. The Bertz CT molecular complexity index is 617. The fourth-order valence-corrected chi connectivity index (χ4v) is 1.86. The molecule has 10 heteroatoms. The number of amides is 2. The smallest absolute Gasteiger partial charge is 0.337 e. The second kappa shape index (κ2) is 7.55. The van der Waals surface area contributed by atoms with E-state index in [1.54, 1.807) is 0 Å². The van der Waals surface area contributed by atoms with Gasteiger partial charge in [-0.15, -0.1) is 0 Å². The third-order valence-electron chi connectivity index (χ3n) is 2.25. The van der Waals surface area contributed by atoms with E-state index in [4.69, 9.17) is 5.11 Å². The van der Waals surface area contributed by atoms with E-state index in [1.807, 2.05) is 0 Å². The van der Waals surface area contributed by atoms with Gasteiger partial charge in [-0.05, 0) is 12.5 Å². The van der Waals surface area contributed by atoms with Gasteiger partial charge in [0.2, 0.25) is 10.0 Å². The van der Waals surface area contributed by atoms with Crippen molar-refractivity contribution < 1.29 is 23.1 Å². The number of aromatic nitrogens is 1. The van der Waals surface area contributed by atoms with Crippen molar-refractivity contribution in [2.75, 3.05) is 24.7 Å². The van der Waals surface area contributed by atoms with E-state index < -0.39 is 22.0 Å². The maximum atomic E-state index is 11.5. The lowest BCUT2D eigenvalue weighted by molar-refractivity contribution is 0.0696. The summed E-state index contributed by atoms with van der Waals surface area (Å²) in [5.41, 5.74) is 0.215. The van der Waals surface area contributed by atoms with Crippen molar-refractivity contribution in [1.29, 1.82) is 0 Å². The number of nitrogens with one attached hydrogen (secondary N) is 3. The molecule has 1 aromatic heterocycles. The van der Waals surface area contributed by atoms with Crippen molar-refractivity contribution in [1.82, 2.24) is 15.0 Å². The third kappa shape index (κ3) is 7.22. The first kappa shape index (κ1) is 16.9. The van der Waals surface area contributed by atoms with Gasteiger partial charge in [0.1, 0.15) is 0 Å². The number of anilines is 1. The Morgan fingerprint density at radius 2 is 2.00 bits per heavy atom. The van der Waals surface area contributed by atoms with Gasteiger partial charge in [0.15, 0.2) is 0 Å². The van der Waals surface area contributed by atoms with Crippen molar-refractivity contribution in [3.63, 3.8) is 0 Å². The van der Waals surface area contributed by atoms with Crippen LogP contribution in [0.3, 0.4) is 0 Å².